The Kier molecular flexibility index (Phi) is 5.08. The van der Waals surface area contributed by atoms with Gasteiger partial charge in [-0.1, -0.05) is 0 Å². The van der Waals surface area contributed by atoms with E-state index in [1.807, 2.05) is 0 Å². The number of halogens is 3. The van der Waals surface area contributed by atoms with Gasteiger partial charge in [0.05, 0.1) is 6.54 Å². The molecule has 112 valence electrons. The summed E-state index contributed by atoms with van der Waals surface area (Å²) in [7, 11) is 0. The topological polar surface area (TPSA) is 113 Å². The molecular formula is C10H14F3N5O2. The fraction of sp³-hybridized carbons (Fsp3) is 0.500. The lowest BCUT2D eigenvalue weighted by Crippen LogP contribution is -2.34. The summed E-state index contributed by atoms with van der Waals surface area (Å²) >= 11 is 0. The molecule has 10 heteroatoms. The lowest BCUT2D eigenvalue weighted by molar-refractivity contribution is -0.141. The van der Waals surface area contributed by atoms with E-state index in [0.29, 0.717) is 12.6 Å². The summed E-state index contributed by atoms with van der Waals surface area (Å²) in [5.74, 6) is -1.38. The predicted molar refractivity (Wildman–Crippen MR) is 64.9 cm³/mol. The quantitative estimate of drug-likeness (QED) is 0.595. The zero-order valence-electron chi connectivity index (χ0n) is 10.5. The summed E-state index contributed by atoms with van der Waals surface area (Å²) in [6, 6.07) is 0.675. The summed E-state index contributed by atoms with van der Waals surface area (Å²) < 4.78 is 37.9. The zero-order chi connectivity index (χ0) is 15.3. The number of aliphatic hydroxyl groups excluding tert-OH is 1. The third-order valence-corrected chi connectivity index (χ3v) is 2.16. The van der Waals surface area contributed by atoms with Crippen molar-refractivity contribution in [2.24, 2.45) is 5.73 Å². The van der Waals surface area contributed by atoms with Crippen molar-refractivity contribution in [1.29, 1.82) is 0 Å². The number of aromatic nitrogens is 2. The van der Waals surface area contributed by atoms with Crippen molar-refractivity contribution >= 4 is 17.7 Å². The van der Waals surface area contributed by atoms with Gasteiger partial charge in [-0.15, -0.1) is 0 Å². The van der Waals surface area contributed by atoms with Gasteiger partial charge in [0.2, 0.25) is 11.9 Å². The maximum absolute atomic E-state index is 12.6. The van der Waals surface area contributed by atoms with E-state index < -0.39 is 23.9 Å². The Labute approximate surface area is 112 Å². The number of nitrogens with two attached hydrogens (primary N) is 1. The number of hydrogen-bond donors (Lipinski definition) is 4. The number of hydrogen-bond acceptors (Lipinski definition) is 6. The van der Waals surface area contributed by atoms with Crippen molar-refractivity contribution in [2.75, 3.05) is 23.7 Å². The van der Waals surface area contributed by atoms with Crippen LogP contribution in [0.5, 0.6) is 0 Å². The number of anilines is 2. The lowest BCUT2D eigenvalue weighted by atomic mass is 10.3. The Morgan fingerprint density at radius 2 is 2.10 bits per heavy atom. The van der Waals surface area contributed by atoms with E-state index in [1.165, 1.54) is 0 Å². The second-order valence-electron chi connectivity index (χ2n) is 3.79. The molecule has 0 spiro atoms. The first-order valence-corrected chi connectivity index (χ1v) is 5.65. The van der Waals surface area contributed by atoms with Crippen molar-refractivity contribution < 1.29 is 23.1 Å². The highest BCUT2D eigenvalue weighted by Gasteiger charge is 2.33. The van der Waals surface area contributed by atoms with E-state index in [-0.39, 0.29) is 18.3 Å². The average molecular weight is 293 g/mol. The first-order valence-electron chi connectivity index (χ1n) is 5.65. The number of carbonyl (C=O) groups excluding carboxylic acids is 1. The minimum atomic E-state index is -4.63. The van der Waals surface area contributed by atoms with Gasteiger partial charge >= 0.3 is 6.18 Å². The molecule has 0 aliphatic carbocycles. The van der Waals surface area contributed by atoms with E-state index in [2.05, 4.69) is 20.6 Å². The highest BCUT2D eigenvalue weighted by atomic mass is 19.4. The van der Waals surface area contributed by atoms with Gasteiger partial charge in [0.15, 0.2) is 5.69 Å². The minimum Gasteiger partial charge on any atom is -0.381 e. The van der Waals surface area contributed by atoms with Crippen LogP contribution < -0.4 is 16.4 Å². The van der Waals surface area contributed by atoms with Crippen LogP contribution in [-0.2, 0) is 11.0 Å². The van der Waals surface area contributed by atoms with Crippen molar-refractivity contribution in [1.82, 2.24) is 9.97 Å². The summed E-state index contributed by atoms with van der Waals surface area (Å²) in [5.41, 5.74) is 3.68. The molecule has 1 heterocycles. The number of rotatable bonds is 6. The molecule has 1 aromatic heterocycles. The number of primary amides is 1. The highest BCUT2D eigenvalue weighted by Crippen LogP contribution is 2.29. The first kappa shape index (κ1) is 16.0. The second-order valence-corrected chi connectivity index (χ2v) is 3.79. The maximum atomic E-state index is 12.6. The summed E-state index contributed by atoms with van der Waals surface area (Å²) in [4.78, 5) is 17.7. The van der Waals surface area contributed by atoms with Crippen LogP contribution in [0.15, 0.2) is 6.07 Å². The molecule has 5 N–H and O–H groups in total. The summed E-state index contributed by atoms with van der Waals surface area (Å²) in [6.45, 7) is 1.66. The normalized spacial score (nSPS) is 12.8. The van der Waals surface area contributed by atoms with Crippen molar-refractivity contribution in [3.63, 3.8) is 0 Å². The molecule has 0 saturated heterocycles. The number of nitrogens with zero attached hydrogens (tertiary/aromatic N) is 2. The molecule has 0 saturated carbocycles. The number of alkyl halides is 3. The molecule has 0 aliphatic rings. The Hall–Kier alpha value is -2.10. The van der Waals surface area contributed by atoms with Gasteiger partial charge in [-0.2, -0.15) is 18.2 Å². The van der Waals surface area contributed by atoms with Crippen LogP contribution in [0, 0.1) is 0 Å². The van der Waals surface area contributed by atoms with Crippen LogP contribution >= 0.6 is 0 Å². The van der Waals surface area contributed by atoms with E-state index in [4.69, 9.17) is 5.73 Å². The van der Waals surface area contributed by atoms with Crippen LogP contribution in [-0.4, -0.2) is 40.2 Å². The molecule has 0 radical (unpaired) electrons. The Morgan fingerprint density at radius 1 is 1.45 bits per heavy atom. The standard InChI is InChI=1S/C10H14F3N5O2/c1-2-15-9-17-6(10(11,12)13)3-7(18-9)16-4-5(19)8(14)20/h3,5,19H,2,4H2,1H3,(H2,14,20)(H2,15,16,17,18). The van der Waals surface area contributed by atoms with Gasteiger partial charge in [0.25, 0.3) is 0 Å². The fourth-order valence-corrected chi connectivity index (χ4v) is 1.22. The van der Waals surface area contributed by atoms with E-state index in [0.717, 1.165) is 0 Å². The molecule has 1 rings (SSSR count). The van der Waals surface area contributed by atoms with Crippen molar-refractivity contribution in [2.45, 2.75) is 19.2 Å². The monoisotopic (exact) mass is 293 g/mol. The average Bonchev–Trinajstić information content (AvgIpc) is 2.35. The van der Waals surface area contributed by atoms with Gasteiger partial charge < -0.3 is 21.5 Å². The molecule has 0 bridgehead atoms. The van der Waals surface area contributed by atoms with Gasteiger partial charge in [-0.3, -0.25) is 4.79 Å². The largest absolute Gasteiger partial charge is 0.433 e. The zero-order valence-corrected chi connectivity index (χ0v) is 10.5. The van der Waals surface area contributed by atoms with Gasteiger partial charge in [0.1, 0.15) is 11.9 Å². The number of aliphatic hydroxyl groups is 1. The van der Waals surface area contributed by atoms with E-state index in [1.54, 1.807) is 6.92 Å². The highest BCUT2D eigenvalue weighted by molar-refractivity contribution is 5.79. The van der Waals surface area contributed by atoms with Crippen molar-refractivity contribution in [3.8, 4) is 0 Å². The smallest absolute Gasteiger partial charge is 0.381 e. The molecule has 1 amide bonds. The van der Waals surface area contributed by atoms with Crippen LogP contribution in [0.3, 0.4) is 0 Å². The molecular weight excluding hydrogens is 279 g/mol. The van der Waals surface area contributed by atoms with E-state index in [9.17, 15) is 23.1 Å². The molecule has 0 fully saturated rings. The third-order valence-electron chi connectivity index (χ3n) is 2.16. The molecule has 1 unspecified atom stereocenters. The molecule has 0 aliphatic heterocycles. The Morgan fingerprint density at radius 3 is 2.60 bits per heavy atom. The van der Waals surface area contributed by atoms with Gasteiger partial charge in [0, 0.05) is 12.6 Å². The third kappa shape index (κ3) is 4.53. The molecule has 20 heavy (non-hydrogen) atoms. The predicted octanol–water partition coefficient (Wildman–Crippen LogP) is 0.185. The van der Waals surface area contributed by atoms with Crippen LogP contribution in [0.2, 0.25) is 0 Å². The minimum absolute atomic E-state index is 0.177. The van der Waals surface area contributed by atoms with E-state index >= 15 is 0 Å². The second kappa shape index (κ2) is 6.37. The molecule has 1 atom stereocenters. The Balaban J connectivity index is 2.94. The number of nitrogens with one attached hydrogen (secondary N) is 2. The van der Waals surface area contributed by atoms with Crippen LogP contribution in [0.4, 0.5) is 24.9 Å². The van der Waals surface area contributed by atoms with Crippen LogP contribution in [0.25, 0.3) is 0 Å². The lowest BCUT2D eigenvalue weighted by Gasteiger charge is -2.13. The molecule has 0 aromatic carbocycles. The molecule has 7 nitrogen and oxygen atoms in total. The number of amides is 1. The SMILES string of the molecule is CCNc1nc(NCC(O)C(N)=O)cc(C(F)(F)F)n1. The van der Waals surface area contributed by atoms with Crippen molar-refractivity contribution in [3.05, 3.63) is 11.8 Å². The van der Waals surface area contributed by atoms with Gasteiger partial charge in [-0.05, 0) is 6.92 Å². The summed E-state index contributed by atoms with van der Waals surface area (Å²) in [5, 5.41) is 14.1. The first-order chi connectivity index (χ1) is 9.24. The maximum Gasteiger partial charge on any atom is 0.433 e. The molecule has 1 aromatic rings. The fourth-order valence-electron chi connectivity index (χ4n) is 1.22. The number of carbonyl (C=O) groups is 1. The van der Waals surface area contributed by atoms with Gasteiger partial charge in [-0.25, -0.2) is 4.98 Å². The Bertz CT molecular complexity index is 480. The van der Waals surface area contributed by atoms with Crippen LogP contribution in [0.1, 0.15) is 12.6 Å². The summed E-state index contributed by atoms with van der Waals surface area (Å²) in [6.07, 6.45) is -6.16.